The lowest BCUT2D eigenvalue weighted by Gasteiger charge is -2.29. The lowest BCUT2D eigenvalue weighted by Crippen LogP contribution is -2.37. The molecule has 0 spiro atoms. The van der Waals surface area contributed by atoms with E-state index in [1.54, 1.807) is 41.1 Å². The lowest BCUT2D eigenvalue weighted by molar-refractivity contribution is -0.130. The van der Waals surface area contributed by atoms with Crippen LogP contribution >= 0.6 is 0 Å². The molecule has 0 aliphatic carbocycles. The number of carboxylic acids is 1. The molecular weight excluding hydrogens is 1180 g/mol. The van der Waals surface area contributed by atoms with Crippen molar-refractivity contribution in [1.82, 2.24) is 38.9 Å². The first-order valence-corrected chi connectivity index (χ1v) is 30.7. The topological polar surface area (TPSA) is 262 Å². The highest BCUT2D eigenvalue weighted by Crippen LogP contribution is 2.41. The van der Waals surface area contributed by atoms with Crippen molar-refractivity contribution in [2.45, 2.75) is 91.5 Å². The van der Waals surface area contributed by atoms with Crippen LogP contribution in [0.3, 0.4) is 0 Å². The molecule has 6 N–H and O–H groups in total. The van der Waals surface area contributed by atoms with Crippen LogP contribution in [0.5, 0.6) is 11.5 Å². The van der Waals surface area contributed by atoms with Crippen LogP contribution in [0, 0.1) is 23.7 Å². The Balaban J connectivity index is 0.000000221. The zero-order chi connectivity index (χ0) is 67.2. The molecule has 488 valence electrons. The number of aliphatic carboxylic acids is 1. The van der Waals surface area contributed by atoms with Crippen LogP contribution in [-0.4, -0.2) is 161 Å². The molecule has 4 aromatic heterocycles. The largest absolute Gasteiger partial charge is 0.494 e. The van der Waals surface area contributed by atoms with Gasteiger partial charge >= 0.3 is 17.9 Å². The van der Waals surface area contributed by atoms with Crippen molar-refractivity contribution in [3.8, 4) is 57.7 Å². The van der Waals surface area contributed by atoms with E-state index in [-0.39, 0.29) is 23.7 Å². The van der Waals surface area contributed by atoms with Gasteiger partial charge in [-0.2, -0.15) is 0 Å². The van der Waals surface area contributed by atoms with Gasteiger partial charge < -0.3 is 74.5 Å². The summed E-state index contributed by atoms with van der Waals surface area (Å²) < 4.78 is 26.6. The second-order valence-corrected chi connectivity index (χ2v) is 23.4. The van der Waals surface area contributed by atoms with Gasteiger partial charge in [-0.05, 0) is 125 Å². The van der Waals surface area contributed by atoms with Crippen molar-refractivity contribution < 1.29 is 43.2 Å². The standard InChI is InChI=1S/C35H41N7O4.C31H39N7O3.C4H4O2/c1-8-12-32(43)37-27-17-28(31(45-7)18-30(27)41(5)20-23-13-11-16-40(23)4)38-35-36-19-25(34(44)46-22(2)3)33(39-35)26-21-42(6)29-15-10-9-14-24(26)29;1-19(2)41-30(39)22-16-33-31(35-29(22)23-18-38(5)26-12-8-7-11-21(23)26)34-25-14-24(32)27(15-28(25)40-6)37(4)17-20-10-9-13-36(20)3;1-2-3-4(5)6/h9-10,14-15,17-19,21-23H,11,13,16,20H2,1-7H3,(H,37,43)(H,36,38,39);7-8,11-12,14-16,18-20H,9-10,13,17,32H2,1-6H3,(H,33,34,35);1H3,(H,5,6). The quantitative estimate of drug-likeness (QED) is 0.0286. The summed E-state index contributed by atoms with van der Waals surface area (Å²) in [5.74, 6) is 8.51. The van der Waals surface area contributed by atoms with E-state index in [0.717, 1.165) is 83.3 Å². The maximum Gasteiger partial charge on any atom is 0.381 e. The van der Waals surface area contributed by atoms with Crippen LogP contribution in [0.15, 0.2) is 97.6 Å². The summed E-state index contributed by atoms with van der Waals surface area (Å²) in [5.41, 5.74) is 15.6. The molecule has 2 aliphatic heterocycles. The van der Waals surface area contributed by atoms with Gasteiger partial charge in [-0.25, -0.2) is 34.3 Å². The Labute approximate surface area is 543 Å². The summed E-state index contributed by atoms with van der Waals surface area (Å²) in [7, 11) is 15.5. The number of anilines is 8. The average Bonchev–Trinajstić information content (AvgIpc) is 1.71. The molecule has 10 rings (SSSR count). The minimum absolute atomic E-state index is 0.238. The molecule has 23 nitrogen and oxygen atoms in total. The van der Waals surface area contributed by atoms with Crippen LogP contribution in [0.2, 0.25) is 0 Å². The molecule has 2 fully saturated rings. The summed E-state index contributed by atoms with van der Waals surface area (Å²) in [4.78, 5) is 76.0. The monoisotopic (exact) mass is 1260 g/mol. The van der Waals surface area contributed by atoms with E-state index < -0.39 is 23.8 Å². The number of nitrogens with zero attached hydrogens (tertiary/aromatic N) is 10. The Morgan fingerprint density at radius 3 is 1.49 bits per heavy atom. The van der Waals surface area contributed by atoms with Gasteiger partial charge in [0.15, 0.2) is 0 Å². The third-order valence-electron chi connectivity index (χ3n) is 16.0. The van der Waals surface area contributed by atoms with Crippen LogP contribution < -0.4 is 41.0 Å². The number of carbonyl (C=O) groups excluding carboxylic acids is 3. The third kappa shape index (κ3) is 16.8. The van der Waals surface area contributed by atoms with Crippen molar-refractivity contribution in [1.29, 1.82) is 0 Å². The fraction of sp³-hybridized carbons (Fsp3) is 0.371. The number of likely N-dealkylation sites (N-methyl/N-ethyl adjacent to an activating group) is 4. The van der Waals surface area contributed by atoms with Crippen molar-refractivity contribution >= 4 is 91.6 Å². The van der Waals surface area contributed by atoms with Gasteiger partial charge in [-0.15, -0.1) is 0 Å². The molecule has 2 atom stereocenters. The number of benzene rings is 4. The first-order chi connectivity index (χ1) is 44.5. The smallest absolute Gasteiger partial charge is 0.381 e. The summed E-state index contributed by atoms with van der Waals surface area (Å²) in [6.45, 7) is 14.2. The maximum atomic E-state index is 13.2. The summed E-state index contributed by atoms with van der Waals surface area (Å²) in [6, 6.07) is 24.3. The molecule has 6 heterocycles. The highest BCUT2D eigenvalue weighted by molar-refractivity contribution is 6.07. The lowest BCUT2D eigenvalue weighted by atomic mass is 10.1. The number of aromatic nitrogens is 6. The van der Waals surface area contributed by atoms with Gasteiger partial charge in [-0.1, -0.05) is 48.2 Å². The van der Waals surface area contributed by atoms with E-state index in [4.69, 9.17) is 39.8 Å². The van der Waals surface area contributed by atoms with E-state index in [1.165, 1.54) is 32.2 Å². The molecule has 0 radical (unpaired) electrons. The van der Waals surface area contributed by atoms with Crippen molar-refractivity contribution in [2.75, 3.05) is 100 Å². The minimum Gasteiger partial charge on any atom is -0.494 e. The number of amides is 1. The third-order valence-corrected chi connectivity index (χ3v) is 16.0. The maximum absolute atomic E-state index is 13.2. The number of ether oxygens (including phenoxy) is 4. The molecule has 0 saturated carbocycles. The fourth-order valence-corrected chi connectivity index (χ4v) is 11.5. The van der Waals surface area contributed by atoms with Crippen LogP contribution in [0.4, 0.5) is 46.0 Å². The van der Waals surface area contributed by atoms with Gasteiger partial charge in [0, 0.05) is 129 Å². The number of rotatable bonds is 19. The fourth-order valence-electron chi connectivity index (χ4n) is 11.5. The number of esters is 2. The number of hydrogen-bond donors (Lipinski definition) is 5. The number of nitrogen functional groups attached to an aromatic ring is 1. The number of aryl methyl sites for hydroxylation is 2. The predicted octanol–water partition coefficient (Wildman–Crippen LogP) is 10.6. The van der Waals surface area contributed by atoms with Crippen molar-refractivity contribution in [3.05, 3.63) is 109 Å². The van der Waals surface area contributed by atoms with Crippen molar-refractivity contribution in [3.63, 3.8) is 0 Å². The Kier molecular flexibility index (Phi) is 22.9. The van der Waals surface area contributed by atoms with Crippen LogP contribution in [-0.2, 0) is 33.2 Å². The second kappa shape index (κ2) is 31.1. The van der Waals surface area contributed by atoms with E-state index in [1.807, 2.05) is 129 Å². The van der Waals surface area contributed by atoms with Gasteiger partial charge in [-0.3, -0.25) is 4.79 Å². The molecule has 4 aromatic carbocycles. The summed E-state index contributed by atoms with van der Waals surface area (Å²) in [5, 5.41) is 19.1. The Bertz CT molecular complexity index is 4160. The zero-order valence-corrected chi connectivity index (χ0v) is 55.5. The molecule has 23 heteroatoms. The first-order valence-electron chi connectivity index (χ1n) is 30.7. The number of fused-ring (bicyclic) bond motifs is 2. The number of carboxylic acid groups (broad SMARTS) is 1. The number of hydrogen-bond acceptors (Lipinski definition) is 19. The van der Waals surface area contributed by atoms with E-state index in [9.17, 15) is 19.2 Å². The number of carbonyl (C=O) groups is 4. The SMILES string of the molecule is CC#CC(=O)Nc1cc(Nc2ncc(C(=O)OC(C)C)c(-c3cn(C)c4ccccc34)n2)c(OC)cc1N(C)CC1CCCN1C.CC#CC(=O)O.COc1cc(N(C)CC2CCCN2C)c(N)cc1Nc1ncc(C(=O)OC(C)C)c(-c2cn(C)c3ccccc23)n1. The van der Waals surface area contributed by atoms with Gasteiger partial charge in [0.25, 0.3) is 5.91 Å². The van der Waals surface area contributed by atoms with Crippen molar-refractivity contribution in [2.24, 2.45) is 14.1 Å². The van der Waals surface area contributed by atoms with Crippen LogP contribution in [0.25, 0.3) is 44.3 Å². The molecule has 2 unspecified atom stereocenters. The van der Waals surface area contributed by atoms with Gasteiger partial charge in [0.1, 0.15) is 22.6 Å². The number of para-hydroxylation sites is 2. The van der Waals surface area contributed by atoms with Gasteiger partial charge in [0.05, 0.1) is 71.9 Å². The Hall–Kier alpha value is -10.4. The highest BCUT2D eigenvalue weighted by Gasteiger charge is 2.28. The summed E-state index contributed by atoms with van der Waals surface area (Å²) in [6.07, 6.45) is 11.0. The predicted molar refractivity (Wildman–Crippen MR) is 367 cm³/mol. The first kappa shape index (κ1) is 68.5. The molecular formula is C70H84N14O9. The Morgan fingerprint density at radius 2 is 1.09 bits per heavy atom. The van der Waals surface area contributed by atoms with E-state index in [2.05, 4.69) is 84.4 Å². The molecule has 93 heavy (non-hydrogen) atoms. The van der Waals surface area contributed by atoms with Gasteiger partial charge in [0.2, 0.25) is 11.9 Å². The molecule has 0 bridgehead atoms. The number of methoxy groups -OCH3 is 2. The molecule has 2 aliphatic rings. The normalized spacial score (nSPS) is 14.4. The molecule has 2 saturated heterocycles. The second-order valence-electron chi connectivity index (χ2n) is 23.4. The average molecular weight is 1270 g/mol. The highest BCUT2D eigenvalue weighted by atomic mass is 16.5. The molecule has 8 aromatic rings. The zero-order valence-electron chi connectivity index (χ0n) is 55.5. The van der Waals surface area contributed by atoms with E-state index in [0.29, 0.717) is 69.2 Å². The number of nitrogens with two attached hydrogens (primary N) is 1. The van der Waals surface area contributed by atoms with E-state index >= 15 is 0 Å². The Morgan fingerprint density at radius 1 is 0.645 bits per heavy atom. The van der Waals surface area contributed by atoms with Crippen LogP contribution in [0.1, 0.15) is 87.9 Å². The minimum atomic E-state index is -1.07. The number of likely N-dealkylation sites (tertiary alicyclic amines) is 2. The molecule has 1 amide bonds. The number of nitrogens with one attached hydrogen (secondary N) is 3. The summed E-state index contributed by atoms with van der Waals surface area (Å²) >= 11 is 0.